The van der Waals surface area contributed by atoms with E-state index in [4.69, 9.17) is 11.6 Å². The summed E-state index contributed by atoms with van der Waals surface area (Å²) in [4.78, 5) is 22.6. The van der Waals surface area contributed by atoms with Gasteiger partial charge >= 0.3 is 5.97 Å². The van der Waals surface area contributed by atoms with Crippen molar-refractivity contribution in [2.45, 2.75) is 25.7 Å². The van der Waals surface area contributed by atoms with E-state index in [9.17, 15) is 9.59 Å². The Morgan fingerprint density at radius 2 is 1.84 bits per heavy atom. The molecule has 0 aliphatic heterocycles. The highest BCUT2D eigenvalue weighted by atomic mass is 35.5. The highest BCUT2D eigenvalue weighted by molar-refractivity contribution is 6.30. The first kappa shape index (κ1) is 15.5. The number of unbranched alkanes of at least 4 members (excludes halogenated alkanes) is 2. The molecule has 19 heavy (non-hydrogen) atoms. The predicted molar refractivity (Wildman–Crippen MR) is 74.3 cm³/mol. The summed E-state index contributed by atoms with van der Waals surface area (Å²) in [6.45, 7) is 0.600. The largest absolute Gasteiger partial charge is 0.469 e. The fourth-order valence-electron chi connectivity index (χ4n) is 1.58. The molecule has 1 rings (SSSR count). The molecule has 104 valence electrons. The molecule has 0 atom stereocenters. The monoisotopic (exact) mass is 283 g/mol. The molecule has 0 aromatic heterocycles. The van der Waals surface area contributed by atoms with E-state index in [0.29, 0.717) is 23.6 Å². The van der Waals surface area contributed by atoms with E-state index in [-0.39, 0.29) is 11.9 Å². The second kappa shape index (κ2) is 8.53. The molecule has 0 unspecified atom stereocenters. The molecule has 1 aromatic rings. The van der Waals surface area contributed by atoms with Crippen molar-refractivity contribution in [3.8, 4) is 0 Å². The van der Waals surface area contributed by atoms with Crippen LogP contribution in [0.15, 0.2) is 24.3 Å². The van der Waals surface area contributed by atoms with Crippen LogP contribution in [0.3, 0.4) is 0 Å². The lowest BCUT2D eigenvalue weighted by Crippen LogP contribution is -2.24. The SMILES string of the molecule is COC(=O)CCCCCNC(=O)c1ccc(Cl)cc1. The summed E-state index contributed by atoms with van der Waals surface area (Å²) in [6.07, 6.45) is 2.94. The van der Waals surface area contributed by atoms with Crippen molar-refractivity contribution in [2.75, 3.05) is 13.7 Å². The summed E-state index contributed by atoms with van der Waals surface area (Å²) in [6, 6.07) is 6.75. The molecular formula is C14H18ClNO3. The number of hydrogen-bond donors (Lipinski definition) is 1. The summed E-state index contributed by atoms with van der Waals surface area (Å²) in [7, 11) is 1.38. The Morgan fingerprint density at radius 1 is 1.16 bits per heavy atom. The minimum atomic E-state index is -0.190. The average Bonchev–Trinajstić information content (AvgIpc) is 2.42. The van der Waals surface area contributed by atoms with Crippen LogP contribution in [0.2, 0.25) is 5.02 Å². The van der Waals surface area contributed by atoms with E-state index in [2.05, 4.69) is 10.1 Å². The van der Waals surface area contributed by atoms with Gasteiger partial charge in [-0.3, -0.25) is 9.59 Å². The van der Waals surface area contributed by atoms with Crippen LogP contribution in [0.4, 0.5) is 0 Å². The molecule has 0 fully saturated rings. The first-order valence-corrected chi connectivity index (χ1v) is 6.62. The van der Waals surface area contributed by atoms with Gasteiger partial charge in [0, 0.05) is 23.6 Å². The van der Waals surface area contributed by atoms with E-state index in [1.807, 2.05) is 0 Å². The van der Waals surface area contributed by atoms with Gasteiger partial charge in [0.25, 0.3) is 5.91 Å². The third-order valence-electron chi connectivity index (χ3n) is 2.68. The van der Waals surface area contributed by atoms with Gasteiger partial charge in [-0.05, 0) is 37.1 Å². The number of nitrogens with one attached hydrogen (secondary N) is 1. The van der Waals surface area contributed by atoms with Gasteiger partial charge in [-0.2, -0.15) is 0 Å². The minimum absolute atomic E-state index is 0.107. The van der Waals surface area contributed by atoms with Crippen LogP contribution >= 0.6 is 11.6 Å². The molecule has 1 amide bonds. The van der Waals surface area contributed by atoms with Crippen molar-refractivity contribution in [3.05, 3.63) is 34.9 Å². The number of hydrogen-bond acceptors (Lipinski definition) is 3. The summed E-state index contributed by atoms with van der Waals surface area (Å²) < 4.78 is 4.54. The zero-order chi connectivity index (χ0) is 14.1. The molecule has 0 bridgehead atoms. The molecule has 0 heterocycles. The van der Waals surface area contributed by atoms with Gasteiger partial charge in [-0.1, -0.05) is 18.0 Å². The molecule has 0 aliphatic rings. The average molecular weight is 284 g/mol. The van der Waals surface area contributed by atoms with Crippen molar-refractivity contribution < 1.29 is 14.3 Å². The number of benzene rings is 1. The molecule has 1 aromatic carbocycles. The lowest BCUT2D eigenvalue weighted by molar-refractivity contribution is -0.140. The highest BCUT2D eigenvalue weighted by Crippen LogP contribution is 2.09. The number of halogens is 1. The normalized spacial score (nSPS) is 10.0. The number of amides is 1. The van der Waals surface area contributed by atoms with Gasteiger partial charge in [-0.15, -0.1) is 0 Å². The number of methoxy groups -OCH3 is 1. The maximum atomic E-state index is 11.7. The van der Waals surface area contributed by atoms with Crippen molar-refractivity contribution in [2.24, 2.45) is 0 Å². The standard InChI is InChI=1S/C14H18ClNO3/c1-19-13(17)5-3-2-4-10-16-14(18)11-6-8-12(15)9-7-11/h6-9H,2-5,10H2,1H3,(H,16,18). The molecule has 0 aliphatic carbocycles. The maximum absolute atomic E-state index is 11.7. The Morgan fingerprint density at radius 3 is 2.47 bits per heavy atom. The number of carbonyl (C=O) groups excluding carboxylic acids is 2. The second-order valence-electron chi connectivity index (χ2n) is 4.15. The first-order valence-electron chi connectivity index (χ1n) is 6.24. The third-order valence-corrected chi connectivity index (χ3v) is 2.93. The van der Waals surface area contributed by atoms with Crippen LogP contribution in [0.1, 0.15) is 36.0 Å². The number of ether oxygens (including phenoxy) is 1. The van der Waals surface area contributed by atoms with E-state index in [1.54, 1.807) is 24.3 Å². The Hall–Kier alpha value is -1.55. The van der Waals surface area contributed by atoms with E-state index >= 15 is 0 Å². The van der Waals surface area contributed by atoms with Crippen LogP contribution in [0, 0.1) is 0 Å². The topological polar surface area (TPSA) is 55.4 Å². The summed E-state index contributed by atoms with van der Waals surface area (Å²) in [5.41, 5.74) is 0.596. The van der Waals surface area contributed by atoms with Gasteiger partial charge in [0.05, 0.1) is 7.11 Å². The summed E-state index contributed by atoms with van der Waals surface area (Å²) >= 11 is 5.75. The molecule has 0 radical (unpaired) electrons. The van der Waals surface area contributed by atoms with Crippen molar-refractivity contribution in [1.82, 2.24) is 5.32 Å². The van der Waals surface area contributed by atoms with E-state index in [0.717, 1.165) is 19.3 Å². The Bertz CT molecular complexity index is 417. The van der Waals surface area contributed by atoms with Gasteiger partial charge in [-0.25, -0.2) is 0 Å². The summed E-state index contributed by atoms with van der Waals surface area (Å²) in [5, 5.41) is 3.43. The highest BCUT2D eigenvalue weighted by Gasteiger charge is 2.04. The van der Waals surface area contributed by atoms with Gasteiger partial charge in [0.2, 0.25) is 0 Å². The number of esters is 1. The fraction of sp³-hybridized carbons (Fsp3) is 0.429. The molecule has 0 spiro atoms. The lowest BCUT2D eigenvalue weighted by Gasteiger charge is -2.05. The summed E-state index contributed by atoms with van der Waals surface area (Å²) in [5.74, 6) is -0.296. The quantitative estimate of drug-likeness (QED) is 0.618. The number of carbonyl (C=O) groups is 2. The Kier molecular flexibility index (Phi) is 6.97. The third kappa shape index (κ3) is 6.25. The van der Waals surface area contributed by atoms with E-state index < -0.39 is 0 Å². The fourth-order valence-corrected chi connectivity index (χ4v) is 1.70. The van der Waals surface area contributed by atoms with Gasteiger partial charge < -0.3 is 10.1 Å². The molecule has 4 nitrogen and oxygen atoms in total. The Labute approximate surface area is 118 Å². The van der Waals surface area contributed by atoms with Crippen LogP contribution in [0.25, 0.3) is 0 Å². The second-order valence-corrected chi connectivity index (χ2v) is 4.59. The predicted octanol–water partition coefficient (Wildman–Crippen LogP) is 2.80. The smallest absolute Gasteiger partial charge is 0.305 e. The Balaban J connectivity index is 2.14. The first-order chi connectivity index (χ1) is 9.13. The molecule has 5 heteroatoms. The molecule has 0 saturated heterocycles. The molecule has 1 N–H and O–H groups in total. The lowest BCUT2D eigenvalue weighted by atomic mass is 10.2. The minimum Gasteiger partial charge on any atom is -0.469 e. The van der Waals surface area contributed by atoms with Crippen LogP contribution in [0.5, 0.6) is 0 Å². The zero-order valence-electron chi connectivity index (χ0n) is 10.9. The maximum Gasteiger partial charge on any atom is 0.305 e. The van der Waals surface area contributed by atoms with Gasteiger partial charge in [0.1, 0.15) is 0 Å². The van der Waals surface area contributed by atoms with Crippen LogP contribution in [-0.2, 0) is 9.53 Å². The molecule has 0 saturated carbocycles. The molecular weight excluding hydrogens is 266 g/mol. The van der Waals surface area contributed by atoms with E-state index in [1.165, 1.54) is 7.11 Å². The number of rotatable bonds is 7. The van der Waals surface area contributed by atoms with Crippen LogP contribution in [-0.4, -0.2) is 25.5 Å². The van der Waals surface area contributed by atoms with Crippen molar-refractivity contribution in [1.29, 1.82) is 0 Å². The van der Waals surface area contributed by atoms with Gasteiger partial charge in [0.15, 0.2) is 0 Å². The zero-order valence-corrected chi connectivity index (χ0v) is 11.7. The van der Waals surface area contributed by atoms with Crippen molar-refractivity contribution >= 4 is 23.5 Å². The van der Waals surface area contributed by atoms with Crippen molar-refractivity contribution in [3.63, 3.8) is 0 Å². The van der Waals surface area contributed by atoms with Crippen LogP contribution < -0.4 is 5.32 Å².